The van der Waals surface area contributed by atoms with Gasteiger partial charge in [-0.2, -0.15) is 5.26 Å². The summed E-state index contributed by atoms with van der Waals surface area (Å²) in [4.78, 5) is 2.43. The maximum Gasteiger partial charge on any atom is 0.101 e. The van der Waals surface area contributed by atoms with Gasteiger partial charge in [0.1, 0.15) is 6.07 Å². The van der Waals surface area contributed by atoms with Crippen molar-refractivity contribution < 1.29 is 0 Å². The number of rotatable bonds is 4. The van der Waals surface area contributed by atoms with E-state index >= 15 is 0 Å². The molecule has 1 aromatic carbocycles. The van der Waals surface area contributed by atoms with Gasteiger partial charge in [0.25, 0.3) is 0 Å². The van der Waals surface area contributed by atoms with Crippen molar-refractivity contribution in [2.45, 2.75) is 45.6 Å². The number of nitrogens with two attached hydrogens (primary N) is 1. The second-order valence-electron chi connectivity index (χ2n) is 5.87. The molecule has 1 aliphatic rings. The quantitative estimate of drug-likeness (QED) is 0.839. The highest BCUT2D eigenvalue weighted by Crippen LogP contribution is 2.31. The lowest BCUT2D eigenvalue weighted by Gasteiger charge is -2.33. The van der Waals surface area contributed by atoms with Gasteiger partial charge in [-0.3, -0.25) is 0 Å². The van der Waals surface area contributed by atoms with Gasteiger partial charge in [0.2, 0.25) is 0 Å². The van der Waals surface area contributed by atoms with Crippen LogP contribution < -0.4 is 10.6 Å². The van der Waals surface area contributed by atoms with E-state index < -0.39 is 0 Å². The van der Waals surface area contributed by atoms with E-state index in [9.17, 15) is 5.26 Å². The number of nitriles is 1. The standard InChI is InChI=1S/C16H23N3/c1-12(2)11-19(15-5-3-4-6-15)16-8-7-14(18)9-13(16)10-17/h7-9,12,15H,3-6,11,18H2,1-2H3. The Kier molecular flexibility index (Phi) is 4.31. The van der Waals surface area contributed by atoms with Crippen molar-refractivity contribution >= 4 is 11.4 Å². The van der Waals surface area contributed by atoms with Crippen LogP contribution in [0.15, 0.2) is 18.2 Å². The summed E-state index contributed by atoms with van der Waals surface area (Å²) in [5, 5.41) is 9.34. The molecule has 0 heterocycles. The normalized spacial score (nSPS) is 15.7. The van der Waals surface area contributed by atoms with E-state index in [0.29, 0.717) is 23.2 Å². The summed E-state index contributed by atoms with van der Waals surface area (Å²) in [7, 11) is 0. The van der Waals surface area contributed by atoms with Gasteiger partial charge in [0.15, 0.2) is 0 Å². The Morgan fingerprint density at radius 2 is 2.05 bits per heavy atom. The van der Waals surface area contributed by atoms with Crippen LogP contribution in [-0.2, 0) is 0 Å². The third-order valence-corrected chi connectivity index (χ3v) is 3.78. The summed E-state index contributed by atoms with van der Waals surface area (Å²) >= 11 is 0. The molecule has 2 N–H and O–H groups in total. The van der Waals surface area contributed by atoms with Crippen LogP contribution in [0.25, 0.3) is 0 Å². The SMILES string of the molecule is CC(C)CN(c1ccc(N)cc1C#N)C1CCCC1. The predicted molar refractivity (Wildman–Crippen MR) is 80.0 cm³/mol. The first kappa shape index (κ1) is 13.7. The van der Waals surface area contributed by atoms with E-state index in [4.69, 9.17) is 5.73 Å². The van der Waals surface area contributed by atoms with Crippen molar-refractivity contribution in [2.75, 3.05) is 17.2 Å². The number of benzene rings is 1. The molecule has 0 bridgehead atoms. The third kappa shape index (κ3) is 3.20. The van der Waals surface area contributed by atoms with Gasteiger partial charge in [-0.15, -0.1) is 0 Å². The molecule has 2 rings (SSSR count). The van der Waals surface area contributed by atoms with Crippen LogP contribution in [0.3, 0.4) is 0 Å². The maximum atomic E-state index is 9.34. The van der Waals surface area contributed by atoms with Gasteiger partial charge in [-0.05, 0) is 37.0 Å². The number of hydrogen-bond acceptors (Lipinski definition) is 3. The first-order valence-electron chi connectivity index (χ1n) is 7.18. The van der Waals surface area contributed by atoms with Crippen LogP contribution in [0.2, 0.25) is 0 Å². The zero-order valence-corrected chi connectivity index (χ0v) is 11.9. The van der Waals surface area contributed by atoms with Crippen molar-refractivity contribution in [1.82, 2.24) is 0 Å². The highest BCUT2D eigenvalue weighted by atomic mass is 15.2. The van der Waals surface area contributed by atoms with Crippen LogP contribution in [0.4, 0.5) is 11.4 Å². The third-order valence-electron chi connectivity index (χ3n) is 3.78. The monoisotopic (exact) mass is 257 g/mol. The summed E-state index contributed by atoms with van der Waals surface area (Å²) in [6.07, 6.45) is 5.08. The second-order valence-corrected chi connectivity index (χ2v) is 5.87. The Labute approximate surface area is 116 Å². The van der Waals surface area contributed by atoms with E-state index in [1.807, 2.05) is 12.1 Å². The van der Waals surface area contributed by atoms with Crippen LogP contribution >= 0.6 is 0 Å². The zero-order chi connectivity index (χ0) is 13.8. The minimum Gasteiger partial charge on any atom is -0.399 e. The minimum atomic E-state index is 0.582. The lowest BCUT2D eigenvalue weighted by Crippen LogP contribution is -2.36. The molecule has 0 saturated heterocycles. The van der Waals surface area contributed by atoms with Crippen LogP contribution in [0, 0.1) is 17.2 Å². The summed E-state index contributed by atoms with van der Waals surface area (Å²) < 4.78 is 0. The van der Waals surface area contributed by atoms with E-state index in [-0.39, 0.29) is 0 Å². The fourth-order valence-electron chi connectivity index (χ4n) is 2.95. The summed E-state index contributed by atoms with van der Waals surface area (Å²) in [6, 6.07) is 8.57. The molecule has 0 amide bonds. The van der Waals surface area contributed by atoms with Gasteiger partial charge < -0.3 is 10.6 Å². The number of hydrogen-bond donors (Lipinski definition) is 1. The Morgan fingerprint density at radius 1 is 1.37 bits per heavy atom. The highest BCUT2D eigenvalue weighted by Gasteiger charge is 2.25. The van der Waals surface area contributed by atoms with Crippen LogP contribution in [0.1, 0.15) is 45.1 Å². The van der Waals surface area contributed by atoms with Crippen LogP contribution in [0.5, 0.6) is 0 Å². The van der Waals surface area contributed by atoms with Crippen molar-refractivity contribution in [1.29, 1.82) is 5.26 Å². The Hall–Kier alpha value is -1.69. The van der Waals surface area contributed by atoms with E-state index in [2.05, 4.69) is 24.8 Å². The second kappa shape index (κ2) is 5.97. The largest absolute Gasteiger partial charge is 0.399 e. The first-order valence-corrected chi connectivity index (χ1v) is 7.18. The van der Waals surface area contributed by atoms with Crippen LogP contribution in [-0.4, -0.2) is 12.6 Å². The van der Waals surface area contributed by atoms with Gasteiger partial charge in [-0.25, -0.2) is 0 Å². The van der Waals surface area contributed by atoms with Crippen molar-refractivity contribution in [3.05, 3.63) is 23.8 Å². The number of nitrogens with zero attached hydrogens (tertiary/aromatic N) is 2. The molecule has 19 heavy (non-hydrogen) atoms. The molecular weight excluding hydrogens is 234 g/mol. The fourth-order valence-corrected chi connectivity index (χ4v) is 2.95. The lowest BCUT2D eigenvalue weighted by molar-refractivity contribution is 0.535. The average Bonchev–Trinajstić information content (AvgIpc) is 2.89. The molecule has 0 aliphatic heterocycles. The highest BCUT2D eigenvalue weighted by molar-refractivity contribution is 5.65. The molecule has 1 fully saturated rings. The molecular formula is C16H23N3. The summed E-state index contributed by atoms with van der Waals surface area (Å²) in [6.45, 7) is 5.46. The lowest BCUT2D eigenvalue weighted by atomic mass is 10.1. The van der Waals surface area contributed by atoms with Gasteiger partial charge >= 0.3 is 0 Å². The van der Waals surface area contributed by atoms with E-state index in [1.54, 1.807) is 6.07 Å². The maximum absolute atomic E-state index is 9.34. The summed E-state index contributed by atoms with van der Waals surface area (Å²) in [5.74, 6) is 0.588. The van der Waals surface area contributed by atoms with Gasteiger partial charge in [-0.1, -0.05) is 26.7 Å². The van der Waals surface area contributed by atoms with Crippen molar-refractivity contribution in [3.63, 3.8) is 0 Å². The smallest absolute Gasteiger partial charge is 0.101 e. The van der Waals surface area contributed by atoms with Gasteiger partial charge in [0, 0.05) is 18.3 Å². The zero-order valence-electron chi connectivity index (χ0n) is 11.9. The molecule has 0 atom stereocenters. The van der Waals surface area contributed by atoms with Gasteiger partial charge in [0.05, 0.1) is 11.3 Å². The average molecular weight is 257 g/mol. The predicted octanol–water partition coefficient (Wildman–Crippen LogP) is 3.55. The van der Waals surface area contributed by atoms with Crippen molar-refractivity contribution in [2.24, 2.45) is 5.92 Å². The molecule has 0 unspecified atom stereocenters. The van der Waals surface area contributed by atoms with E-state index in [1.165, 1.54) is 25.7 Å². The topological polar surface area (TPSA) is 53.0 Å². The molecule has 1 aliphatic carbocycles. The minimum absolute atomic E-state index is 0.582. The first-order chi connectivity index (χ1) is 9.11. The Bertz CT molecular complexity index is 467. The Balaban J connectivity index is 2.34. The van der Waals surface area contributed by atoms with Crippen molar-refractivity contribution in [3.8, 4) is 6.07 Å². The molecule has 3 heteroatoms. The molecule has 0 radical (unpaired) electrons. The molecule has 1 aromatic rings. The molecule has 1 saturated carbocycles. The molecule has 0 spiro atoms. The molecule has 102 valence electrons. The molecule has 3 nitrogen and oxygen atoms in total. The Morgan fingerprint density at radius 3 is 2.63 bits per heavy atom. The summed E-state index contributed by atoms with van der Waals surface area (Å²) in [5.41, 5.74) is 8.21. The fraction of sp³-hybridized carbons (Fsp3) is 0.562. The number of nitrogen functional groups attached to an aromatic ring is 1. The number of anilines is 2. The van der Waals surface area contributed by atoms with E-state index in [0.717, 1.165) is 12.2 Å². The molecule has 0 aromatic heterocycles.